The average Bonchev–Trinajstić information content (AvgIpc) is 2.58. The second-order valence-corrected chi connectivity index (χ2v) is 5.43. The monoisotopic (exact) mass is 339 g/mol. The fourth-order valence-electron chi connectivity index (χ4n) is 2.54. The molecule has 0 saturated carbocycles. The van der Waals surface area contributed by atoms with E-state index in [0.29, 0.717) is 35.7 Å². The summed E-state index contributed by atoms with van der Waals surface area (Å²) in [5.41, 5.74) is -0.496. The molecule has 0 atom stereocenters. The summed E-state index contributed by atoms with van der Waals surface area (Å²) in [6.07, 6.45) is 0.869. The van der Waals surface area contributed by atoms with Gasteiger partial charge >= 0.3 is 5.97 Å². The van der Waals surface area contributed by atoms with Gasteiger partial charge in [0.1, 0.15) is 0 Å². The molecule has 0 aliphatic carbocycles. The Balaban J connectivity index is 3.20. The highest BCUT2D eigenvalue weighted by Crippen LogP contribution is 2.38. The van der Waals surface area contributed by atoms with E-state index >= 15 is 0 Å². The van der Waals surface area contributed by atoms with Crippen LogP contribution in [0.4, 0.5) is 0 Å². The van der Waals surface area contributed by atoms with Gasteiger partial charge in [-0.15, -0.1) is 0 Å². The number of benzene rings is 1. The highest BCUT2D eigenvalue weighted by molar-refractivity contribution is 5.96. The molecule has 1 aromatic rings. The Morgan fingerprint density at radius 2 is 1.54 bits per heavy atom. The fourth-order valence-corrected chi connectivity index (χ4v) is 2.54. The molecular weight excluding hydrogens is 314 g/mol. The number of nitrogens with one attached hydrogen (secondary N) is 1. The number of carboxylic acids is 1. The molecule has 1 aromatic carbocycles. The third-order valence-electron chi connectivity index (χ3n) is 4.15. The second-order valence-electron chi connectivity index (χ2n) is 5.43. The van der Waals surface area contributed by atoms with E-state index in [4.69, 9.17) is 19.3 Å². The van der Waals surface area contributed by atoms with E-state index in [2.05, 4.69) is 5.32 Å². The maximum Gasteiger partial charge on any atom is 0.305 e. The fraction of sp³-hybridized carbons (Fsp3) is 0.529. The molecule has 0 fully saturated rings. The molecule has 0 aromatic heterocycles. The van der Waals surface area contributed by atoms with Crippen LogP contribution in [-0.2, 0) is 4.79 Å². The molecule has 7 nitrogen and oxygen atoms in total. The summed E-state index contributed by atoms with van der Waals surface area (Å²) >= 11 is 0. The summed E-state index contributed by atoms with van der Waals surface area (Å²) in [5, 5.41) is 12.0. The molecule has 0 unspecified atom stereocenters. The predicted octanol–water partition coefficient (Wildman–Crippen LogP) is 2.48. The van der Waals surface area contributed by atoms with Crippen molar-refractivity contribution in [2.45, 2.75) is 38.6 Å². The highest BCUT2D eigenvalue weighted by atomic mass is 16.5. The Morgan fingerprint density at radius 3 is 1.88 bits per heavy atom. The second kappa shape index (κ2) is 8.42. The van der Waals surface area contributed by atoms with E-state index in [-0.39, 0.29) is 12.3 Å². The lowest BCUT2D eigenvalue weighted by Crippen LogP contribution is -2.49. The number of aliphatic carboxylic acids is 1. The van der Waals surface area contributed by atoms with Crippen molar-refractivity contribution in [2.24, 2.45) is 0 Å². The first-order valence-corrected chi connectivity index (χ1v) is 7.70. The Bertz CT molecular complexity index is 570. The van der Waals surface area contributed by atoms with Crippen molar-refractivity contribution < 1.29 is 28.9 Å². The lowest BCUT2D eigenvalue weighted by molar-refractivity contribution is -0.138. The first-order valence-electron chi connectivity index (χ1n) is 7.70. The van der Waals surface area contributed by atoms with Gasteiger partial charge in [-0.25, -0.2) is 0 Å². The average molecular weight is 339 g/mol. The summed E-state index contributed by atoms with van der Waals surface area (Å²) in [4.78, 5) is 23.8. The van der Waals surface area contributed by atoms with Crippen LogP contribution in [0.25, 0.3) is 0 Å². The normalized spacial score (nSPS) is 10.9. The van der Waals surface area contributed by atoms with Crippen LogP contribution in [0.2, 0.25) is 0 Å². The van der Waals surface area contributed by atoms with Crippen molar-refractivity contribution in [2.75, 3.05) is 21.3 Å². The molecule has 1 amide bonds. The van der Waals surface area contributed by atoms with Gasteiger partial charge in [-0.1, -0.05) is 13.8 Å². The Kier molecular flexibility index (Phi) is 6.88. The van der Waals surface area contributed by atoms with Gasteiger partial charge in [-0.3, -0.25) is 9.59 Å². The van der Waals surface area contributed by atoms with Crippen LogP contribution in [0.1, 0.15) is 43.5 Å². The highest BCUT2D eigenvalue weighted by Gasteiger charge is 2.31. The number of hydrogen-bond acceptors (Lipinski definition) is 5. The molecule has 0 heterocycles. The van der Waals surface area contributed by atoms with Gasteiger partial charge in [0.2, 0.25) is 5.75 Å². The SMILES string of the molecule is CCC(CC)(CC(=O)O)NC(=O)c1cc(OC)c(OC)c(OC)c1. The third kappa shape index (κ3) is 4.31. The standard InChI is InChI=1S/C17H25NO6/c1-6-17(7-2,10-14(19)20)18-16(21)11-8-12(22-3)15(24-5)13(9-11)23-4/h8-9H,6-7,10H2,1-5H3,(H,18,21)(H,19,20). The molecular formula is C17H25NO6. The van der Waals surface area contributed by atoms with E-state index < -0.39 is 11.5 Å². The first kappa shape index (κ1) is 19.6. The molecule has 134 valence electrons. The number of carbonyl (C=O) groups excluding carboxylic acids is 1. The Morgan fingerprint density at radius 1 is 1.04 bits per heavy atom. The van der Waals surface area contributed by atoms with E-state index in [0.717, 1.165) is 0 Å². The topological polar surface area (TPSA) is 94.1 Å². The zero-order valence-corrected chi connectivity index (χ0v) is 14.8. The van der Waals surface area contributed by atoms with Gasteiger partial charge in [0.15, 0.2) is 11.5 Å². The van der Waals surface area contributed by atoms with Gasteiger partial charge in [-0.05, 0) is 25.0 Å². The molecule has 2 N–H and O–H groups in total. The van der Waals surface area contributed by atoms with E-state index in [1.54, 1.807) is 0 Å². The Labute approximate surface area is 141 Å². The minimum Gasteiger partial charge on any atom is -0.493 e. The summed E-state index contributed by atoms with van der Waals surface area (Å²) in [6.45, 7) is 3.70. The molecule has 1 rings (SSSR count). The van der Waals surface area contributed by atoms with Gasteiger partial charge in [-0.2, -0.15) is 0 Å². The molecule has 0 radical (unpaired) electrons. The van der Waals surface area contributed by atoms with Gasteiger partial charge in [0, 0.05) is 5.56 Å². The molecule has 0 aliphatic heterocycles. The minimum absolute atomic E-state index is 0.143. The third-order valence-corrected chi connectivity index (χ3v) is 4.15. The quantitative estimate of drug-likeness (QED) is 0.718. The van der Waals surface area contributed by atoms with Crippen LogP contribution in [-0.4, -0.2) is 43.9 Å². The largest absolute Gasteiger partial charge is 0.493 e. The van der Waals surface area contributed by atoms with Crippen molar-refractivity contribution in [1.82, 2.24) is 5.32 Å². The molecule has 0 saturated heterocycles. The maximum atomic E-state index is 12.6. The smallest absolute Gasteiger partial charge is 0.305 e. The van der Waals surface area contributed by atoms with Gasteiger partial charge in [0.05, 0.1) is 33.3 Å². The maximum absolute atomic E-state index is 12.6. The summed E-state index contributed by atoms with van der Waals surface area (Å²) in [5.74, 6) is -0.236. The van der Waals surface area contributed by atoms with Crippen molar-refractivity contribution in [3.8, 4) is 17.2 Å². The van der Waals surface area contributed by atoms with Crippen LogP contribution in [0.5, 0.6) is 17.2 Å². The lowest BCUT2D eigenvalue weighted by Gasteiger charge is -2.31. The van der Waals surface area contributed by atoms with E-state index in [9.17, 15) is 9.59 Å². The number of amides is 1. The van der Waals surface area contributed by atoms with E-state index in [1.807, 2.05) is 13.8 Å². The minimum atomic E-state index is -0.955. The van der Waals surface area contributed by atoms with Crippen LogP contribution in [0.3, 0.4) is 0 Å². The molecule has 24 heavy (non-hydrogen) atoms. The van der Waals surface area contributed by atoms with Crippen molar-refractivity contribution >= 4 is 11.9 Å². The molecule has 7 heteroatoms. The number of carbonyl (C=O) groups is 2. The van der Waals surface area contributed by atoms with Crippen LogP contribution >= 0.6 is 0 Å². The summed E-state index contributed by atoms with van der Waals surface area (Å²) in [6, 6.07) is 3.07. The predicted molar refractivity (Wildman–Crippen MR) is 89.1 cm³/mol. The van der Waals surface area contributed by atoms with Gasteiger partial charge in [0.25, 0.3) is 5.91 Å². The van der Waals surface area contributed by atoms with Crippen LogP contribution in [0.15, 0.2) is 12.1 Å². The zero-order valence-electron chi connectivity index (χ0n) is 14.8. The van der Waals surface area contributed by atoms with Crippen molar-refractivity contribution in [3.63, 3.8) is 0 Å². The summed E-state index contributed by atoms with van der Waals surface area (Å²) < 4.78 is 15.7. The molecule has 0 bridgehead atoms. The number of methoxy groups -OCH3 is 3. The molecule has 0 aliphatic rings. The van der Waals surface area contributed by atoms with Crippen molar-refractivity contribution in [1.29, 1.82) is 0 Å². The number of ether oxygens (including phenoxy) is 3. The zero-order chi connectivity index (χ0) is 18.3. The first-order chi connectivity index (χ1) is 11.4. The van der Waals surface area contributed by atoms with E-state index in [1.165, 1.54) is 33.5 Å². The summed E-state index contributed by atoms with van der Waals surface area (Å²) in [7, 11) is 4.41. The van der Waals surface area contributed by atoms with Crippen LogP contribution < -0.4 is 19.5 Å². The lowest BCUT2D eigenvalue weighted by atomic mass is 9.88. The van der Waals surface area contributed by atoms with Crippen molar-refractivity contribution in [3.05, 3.63) is 17.7 Å². The Hall–Kier alpha value is -2.44. The van der Waals surface area contributed by atoms with Crippen LogP contribution in [0, 0.1) is 0 Å². The number of rotatable bonds is 9. The molecule has 0 spiro atoms. The number of hydrogen-bond donors (Lipinski definition) is 2. The number of carboxylic acid groups (broad SMARTS) is 1. The van der Waals surface area contributed by atoms with Gasteiger partial charge < -0.3 is 24.6 Å².